The summed E-state index contributed by atoms with van der Waals surface area (Å²) in [5, 5.41) is 5.33. The molecule has 3 rings (SSSR count). The molecule has 0 aliphatic carbocycles. The highest BCUT2D eigenvalue weighted by Gasteiger charge is 2.14. The lowest BCUT2D eigenvalue weighted by atomic mass is 10.3. The van der Waals surface area contributed by atoms with Crippen LogP contribution in [0.15, 0.2) is 54.6 Å². The van der Waals surface area contributed by atoms with Gasteiger partial charge in [-0.2, -0.15) is 0 Å². The number of aromatic amines is 1. The van der Waals surface area contributed by atoms with Crippen molar-refractivity contribution in [1.29, 1.82) is 0 Å². The number of para-hydroxylation sites is 3. The van der Waals surface area contributed by atoms with Crippen LogP contribution in [0, 0.1) is 0 Å². The number of H-pyrrole nitrogens is 1. The van der Waals surface area contributed by atoms with Crippen LogP contribution < -0.4 is 15.4 Å². The second-order valence-corrected chi connectivity index (χ2v) is 5.81. The Balaban J connectivity index is 1.43. The topological polar surface area (TPSA) is 96.1 Å². The Morgan fingerprint density at radius 1 is 1.08 bits per heavy atom. The minimum atomic E-state index is -0.361. The van der Waals surface area contributed by atoms with Gasteiger partial charge in [-0.1, -0.05) is 30.3 Å². The Kier molecular flexibility index (Phi) is 5.48. The molecule has 2 aromatic carbocycles. The molecular formula is C19H20N4O3. The Morgan fingerprint density at radius 3 is 2.58 bits per heavy atom. The zero-order valence-electron chi connectivity index (χ0n) is 14.4. The molecule has 3 aromatic rings. The van der Waals surface area contributed by atoms with Crippen LogP contribution >= 0.6 is 0 Å². The van der Waals surface area contributed by atoms with E-state index in [1.165, 1.54) is 0 Å². The van der Waals surface area contributed by atoms with Crippen LogP contribution in [-0.2, 0) is 9.59 Å². The number of amides is 2. The Labute approximate surface area is 150 Å². The van der Waals surface area contributed by atoms with Gasteiger partial charge in [-0.3, -0.25) is 9.59 Å². The van der Waals surface area contributed by atoms with Crippen molar-refractivity contribution in [3.05, 3.63) is 60.4 Å². The van der Waals surface area contributed by atoms with Gasteiger partial charge in [0.15, 0.2) is 6.61 Å². The molecule has 0 unspecified atom stereocenters. The quantitative estimate of drug-likeness (QED) is 0.605. The van der Waals surface area contributed by atoms with Gasteiger partial charge in [-0.15, -0.1) is 0 Å². The maximum Gasteiger partial charge on any atom is 0.258 e. The fourth-order valence-corrected chi connectivity index (χ4v) is 2.43. The molecular weight excluding hydrogens is 332 g/mol. The number of rotatable bonds is 7. The number of nitrogens with zero attached hydrogens (tertiary/aromatic N) is 1. The van der Waals surface area contributed by atoms with Gasteiger partial charge < -0.3 is 20.4 Å². The molecule has 1 aromatic heterocycles. The third-order valence-electron chi connectivity index (χ3n) is 3.75. The van der Waals surface area contributed by atoms with E-state index < -0.39 is 0 Å². The highest BCUT2D eigenvalue weighted by molar-refractivity contribution is 5.85. The van der Waals surface area contributed by atoms with Gasteiger partial charge >= 0.3 is 0 Å². The maximum absolute atomic E-state index is 12.0. The SMILES string of the molecule is C[C@H](NC(=O)CNC(=O)COc1ccccc1)c1nc2ccccc2[nH]1. The lowest BCUT2D eigenvalue weighted by Gasteiger charge is -2.12. The van der Waals surface area contributed by atoms with Gasteiger partial charge in [-0.05, 0) is 31.2 Å². The number of hydrogen-bond donors (Lipinski definition) is 3. The third kappa shape index (κ3) is 4.60. The van der Waals surface area contributed by atoms with E-state index in [4.69, 9.17) is 4.74 Å². The number of fused-ring (bicyclic) bond motifs is 1. The first-order chi connectivity index (χ1) is 12.6. The lowest BCUT2D eigenvalue weighted by Crippen LogP contribution is -2.39. The number of imidazole rings is 1. The number of carbonyl (C=O) groups excluding carboxylic acids is 2. The first-order valence-corrected chi connectivity index (χ1v) is 8.30. The van der Waals surface area contributed by atoms with Gasteiger partial charge in [0.2, 0.25) is 5.91 Å². The molecule has 7 heteroatoms. The van der Waals surface area contributed by atoms with E-state index in [1.807, 2.05) is 49.4 Å². The first-order valence-electron chi connectivity index (χ1n) is 8.30. The number of aromatic nitrogens is 2. The standard InChI is InChI=1S/C19H20N4O3/c1-13(19-22-15-9-5-6-10-16(15)23-19)21-17(24)11-20-18(25)12-26-14-7-3-2-4-8-14/h2-10,13H,11-12H2,1H3,(H,20,25)(H,21,24)(H,22,23)/t13-/m0/s1. The van der Waals surface area contributed by atoms with Gasteiger partial charge in [0, 0.05) is 0 Å². The van der Waals surface area contributed by atoms with Crippen molar-refractivity contribution >= 4 is 22.8 Å². The second-order valence-electron chi connectivity index (χ2n) is 5.81. The molecule has 7 nitrogen and oxygen atoms in total. The van der Waals surface area contributed by atoms with Crippen molar-refractivity contribution in [3.63, 3.8) is 0 Å². The first kappa shape index (κ1) is 17.5. The van der Waals surface area contributed by atoms with Crippen molar-refractivity contribution in [2.75, 3.05) is 13.2 Å². The Hall–Kier alpha value is -3.35. The highest BCUT2D eigenvalue weighted by atomic mass is 16.5. The molecule has 134 valence electrons. The molecule has 1 heterocycles. The summed E-state index contributed by atoms with van der Waals surface area (Å²) in [5.74, 6) is 0.607. The fraction of sp³-hybridized carbons (Fsp3) is 0.211. The molecule has 0 radical (unpaired) electrons. The maximum atomic E-state index is 12.0. The van der Waals surface area contributed by atoms with Crippen molar-refractivity contribution in [3.8, 4) is 5.75 Å². The van der Waals surface area contributed by atoms with E-state index in [9.17, 15) is 9.59 Å². The zero-order chi connectivity index (χ0) is 18.4. The van der Waals surface area contributed by atoms with Crippen molar-refractivity contribution in [1.82, 2.24) is 20.6 Å². The summed E-state index contributed by atoms with van der Waals surface area (Å²) in [5.41, 5.74) is 1.75. The monoisotopic (exact) mass is 352 g/mol. The summed E-state index contributed by atoms with van der Waals surface area (Å²) in [7, 11) is 0. The molecule has 0 aliphatic rings. The summed E-state index contributed by atoms with van der Waals surface area (Å²) in [6, 6.07) is 16.4. The van der Waals surface area contributed by atoms with E-state index in [0.29, 0.717) is 11.6 Å². The fourth-order valence-electron chi connectivity index (χ4n) is 2.43. The van der Waals surface area contributed by atoms with Crippen LogP contribution in [0.5, 0.6) is 5.75 Å². The molecule has 2 amide bonds. The summed E-state index contributed by atoms with van der Waals surface area (Å²) < 4.78 is 5.33. The summed E-state index contributed by atoms with van der Waals surface area (Å²) in [6.07, 6.45) is 0. The molecule has 0 bridgehead atoms. The molecule has 0 fully saturated rings. The predicted molar refractivity (Wildman–Crippen MR) is 97.6 cm³/mol. The Bertz CT molecular complexity index is 859. The number of ether oxygens (including phenoxy) is 1. The molecule has 0 saturated carbocycles. The molecule has 0 saturated heterocycles. The van der Waals surface area contributed by atoms with E-state index in [-0.39, 0.29) is 31.0 Å². The van der Waals surface area contributed by atoms with Crippen LogP contribution in [-0.4, -0.2) is 34.9 Å². The number of hydrogen-bond acceptors (Lipinski definition) is 4. The molecule has 0 spiro atoms. The molecule has 26 heavy (non-hydrogen) atoms. The molecule has 3 N–H and O–H groups in total. The Morgan fingerprint density at radius 2 is 1.81 bits per heavy atom. The normalized spacial score (nSPS) is 11.7. The second kappa shape index (κ2) is 8.15. The van der Waals surface area contributed by atoms with Crippen molar-refractivity contribution in [2.24, 2.45) is 0 Å². The van der Waals surface area contributed by atoms with Gasteiger partial charge in [0.1, 0.15) is 11.6 Å². The number of nitrogens with one attached hydrogen (secondary N) is 3. The smallest absolute Gasteiger partial charge is 0.258 e. The van der Waals surface area contributed by atoms with E-state index in [1.54, 1.807) is 12.1 Å². The number of benzene rings is 2. The zero-order valence-corrected chi connectivity index (χ0v) is 14.4. The van der Waals surface area contributed by atoms with E-state index >= 15 is 0 Å². The minimum Gasteiger partial charge on any atom is -0.484 e. The molecule has 1 atom stereocenters. The lowest BCUT2D eigenvalue weighted by molar-refractivity contribution is -0.127. The van der Waals surface area contributed by atoms with Crippen LogP contribution in [0.3, 0.4) is 0 Å². The van der Waals surface area contributed by atoms with Gasteiger partial charge in [-0.25, -0.2) is 4.98 Å². The average Bonchev–Trinajstić information content (AvgIpc) is 3.10. The summed E-state index contributed by atoms with van der Waals surface area (Å²) >= 11 is 0. The van der Waals surface area contributed by atoms with Crippen molar-refractivity contribution < 1.29 is 14.3 Å². The highest BCUT2D eigenvalue weighted by Crippen LogP contribution is 2.15. The third-order valence-corrected chi connectivity index (χ3v) is 3.75. The van der Waals surface area contributed by atoms with Crippen LogP contribution in [0.2, 0.25) is 0 Å². The predicted octanol–water partition coefficient (Wildman–Crippen LogP) is 1.94. The van der Waals surface area contributed by atoms with E-state index in [0.717, 1.165) is 11.0 Å². The number of carbonyl (C=O) groups is 2. The summed E-state index contributed by atoms with van der Waals surface area (Å²) in [6.45, 7) is 1.56. The van der Waals surface area contributed by atoms with Crippen molar-refractivity contribution in [2.45, 2.75) is 13.0 Å². The minimum absolute atomic E-state index is 0.123. The average molecular weight is 352 g/mol. The largest absolute Gasteiger partial charge is 0.484 e. The summed E-state index contributed by atoms with van der Waals surface area (Å²) in [4.78, 5) is 31.4. The molecule has 0 aliphatic heterocycles. The van der Waals surface area contributed by atoms with Gasteiger partial charge in [0.05, 0.1) is 23.6 Å². The van der Waals surface area contributed by atoms with Crippen LogP contribution in [0.4, 0.5) is 0 Å². The van der Waals surface area contributed by atoms with E-state index in [2.05, 4.69) is 20.6 Å². The van der Waals surface area contributed by atoms with Gasteiger partial charge in [0.25, 0.3) is 5.91 Å². The van der Waals surface area contributed by atoms with Crippen LogP contribution in [0.25, 0.3) is 11.0 Å². The van der Waals surface area contributed by atoms with Crippen LogP contribution in [0.1, 0.15) is 18.8 Å².